The van der Waals surface area contributed by atoms with Gasteiger partial charge in [-0.15, -0.1) is 0 Å². The van der Waals surface area contributed by atoms with Gasteiger partial charge in [0.1, 0.15) is 5.82 Å². The highest BCUT2D eigenvalue weighted by atomic mass is 19.1. The Morgan fingerprint density at radius 3 is 2.94 bits per heavy atom. The molecule has 3 nitrogen and oxygen atoms in total. The number of nitrogens with two attached hydrogens (primary N) is 1. The van der Waals surface area contributed by atoms with E-state index in [9.17, 15) is 4.39 Å². The molecule has 0 bridgehead atoms. The summed E-state index contributed by atoms with van der Waals surface area (Å²) < 4.78 is 18.6. The summed E-state index contributed by atoms with van der Waals surface area (Å²) >= 11 is 0. The maximum Gasteiger partial charge on any atom is 0.123 e. The van der Waals surface area contributed by atoms with Gasteiger partial charge in [-0.1, -0.05) is 0 Å². The van der Waals surface area contributed by atoms with Gasteiger partial charge in [-0.25, -0.2) is 4.39 Å². The molecule has 2 heterocycles. The zero-order valence-electron chi connectivity index (χ0n) is 9.96. The first-order valence-electron chi connectivity index (χ1n) is 5.74. The van der Waals surface area contributed by atoms with Gasteiger partial charge in [0.2, 0.25) is 0 Å². The van der Waals surface area contributed by atoms with Gasteiger partial charge in [0.05, 0.1) is 12.5 Å². The summed E-state index contributed by atoms with van der Waals surface area (Å²) in [4.78, 5) is 3.24. The molecule has 0 aliphatic carbocycles. The van der Waals surface area contributed by atoms with Crippen molar-refractivity contribution in [2.75, 3.05) is 0 Å². The molecule has 3 N–H and O–H groups in total. The third-order valence-electron chi connectivity index (χ3n) is 3.18. The minimum Gasteiger partial charge on any atom is -0.472 e. The van der Waals surface area contributed by atoms with Gasteiger partial charge in [0, 0.05) is 39.8 Å². The first kappa shape index (κ1) is 11.0. The molecule has 4 heteroatoms. The number of aromatic nitrogens is 1. The van der Waals surface area contributed by atoms with Gasteiger partial charge in [-0.05, 0) is 25.1 Å². The monoisotopic (exact) mass is 244 g/mol. The second-order valence-corrected chi connectivity index (χ2v) is 4.33. The van der Waals surface area contributed by atoms with Crippen molar-refractivity contribution in [1.82, 2.24) is 4.98 Å². The third-order valence-corrected chi connectivity index (χ3v) is 3.18. The molecule has 2 aromatic heterocycles. The standard InChI is InChI=1S/C14H13FN2O/c1-8-14(12-7-18-6-9(12)5-16)11-4-10(15)2-3-13(11)17-8/h2-4,6-7,17H,5,16H2,1H3. The normalized spacial score (nSPS) is 11.3. The Labute approximate surface area is 103 Å². The molecular formula is C14H13FN2O. The van der Waals surface area contributed by atoms with Gasteiger partial charge in [0.25, 0.3) is 0 Å². The van der Waals surface area contributed by atoms with Crippen LogP contribution in [-0.4, -0.2) is 4.98 Å². The maximum absolute atomic E-state index is 13.4. The molecule has 0 fully saturated rings. The van der Waals surface area contributed by atoms with Crippen molar-refractivity contribution >= 4 is 10.9 Å². The SMILES string of the molecule is Cc1[nH]c2ccc(F)cc2c1-c1cocc1CN. The first-order valence-corrected chi connectivity index (χ1v) is 5.74. The summed E-state index contributed by atoms with van der Waals surface area (Å²) in [5.74, 6) is -0.249. The highest BCUT2D eigenvalue weighted by molar-refractivity contribution is 5.98. The number of aryl methyl sites for hydroxylation is 1. The van der Waals surface area contributed by atoms with E-state index in [0.717, 1.165) is 33.3 Å². The minimum absolute atomic E-state index is 0.249. The number of hydrogen-bond acceptors (Lipinski definition) is 2. The van der Waals surface area contributed by atoms with E-state index in [1.807, 2.05) is 6.92 Å². The summed E-state index contributed by atoms with van der Waals surface area (Å²) in [6.45, 7) is 2.35. The van der Waals surface area contributed by atoms with E-state index < -0.39 is 0 Å². The lowest BCUT2D eigenvalue weighted by atomic mass is 10.0. The molecule has 92 valence electrons. The summed E-state index contributed by atoms with van der Waals surface area (Å²) in [7, 11) is 0. The number of aromatic amines is 1. The lowest BCUT2D eigenvalue weighted by molar-refractivity contribution is 0.564. The predicted molar refractivity (Wildman–Crippen MR) is 68.6 cm³/mol. The first-order chi connectivity index (χ1) is 8.70. The highest BCUT2D eigenvalue weighted by Gasteiger charge is 2.15. The zero-order valence-corrected chi connectivity index (χ0v) is 9.96. The van der Waals surface area contributed by atoms with Crippen LogP contribution >= 0.6 is 0 Å². The molecule has 18 heavy (non-hydrogen) atoms. The van der Waals surface area contributed by atoms with Crippen molar-refractivity contribution in [1.29, 1.82) is 0 Å². The molecule has 1 aromatic carbocycles. The van der Waals surface area contributed by atoms with Crippen molar-refractivity contribution in [3.8, 4) is 11.1 Å². The average Bonchev–Trinajstić information content (AvgIpc) is 2.91. The van der Waals surface area contributed by atoms with Gasteiger partial charge in [-0.2, -0.15) is 0 Å². The second-order valence-electron chi connectivity index (χ2n) is 4.33. The topological polar surface area (TPSA) is 55.0 Å². The maximum atomic E-state index is 13.4. The predicted octanol–water partition coefficient (Wildman–Crippen LogP) is 3.33. The van der Waals surface area contributed by atoms with Crippen molar-refractivity contribution in [3.63, 3.8) is 0 Å². The van der Waals surface area contributed by atoms with E-state index in [2.05, 4.69) is 4.98 Å². The Morgan fingerprint density at radius 2 is 2.17 bits per heavy atom. The van der Waals surface area contributed by atoms with Crippen LogP contribution in [0.2, 0.25) is 0 Å². The van der Waals surface area contributed by atoms with E-state index in [1.165, 1.54) is 12.1 Å². The van der Waals surface area contributed by atoms with Crippen LogP contribution in [0.15, 0.2) is 35.1 Å². The molecule has 0 aliphatic heterocycles. The van der Waals surface area contributed by atoms with E-state index in [-0.39, 0.29) is 5.82 Å². The van der Waals surface area contributed by atoms with Crippen LogP contribution in [0.1, 0.15) is 11.3 Å². The number of halogens is 1. The number of furan rings is 1. The van der Waals surface area contributed by atoms with Crippen LogP contribution in [0.3, 0.4) is 0 Å². The Kier molecular flexibility index (Phi) is 2.45. The number of rotatable bonds is 2. The fraction of sp³-hybridized carbons (Fsp3) is 0.143. The van der Waals surface area contributed by atoms with Crippen LogP contribution < -0.4 is 5.73 Å². The quantitative estimate of drug-likeness (QED) is 0.726. The lowest BCUT2D eigenvalue weighted by Gasteiger charge is -2.01. The minimum atomic E-state index is -0.249. The number of nitrogens with one attached hydrogen (secondary N) is 1. The molecule has 0 aliphatic rings. The molecular weight excluding hydrogens is 231 g/mol. The Bertz CT molecular complexity index is 712. The molecule has 0 atom stereocenters. The van der Waals surface area contributed by atoms with Crippen molar-refractivity contribution in [2.45, 2.75) is 13.5 Å². The summed E-state index contributed by atoms with van der Waals surface area (Å²) in [5.41, 5.74) is 10.4. The fourth-order valence-corrected chi connectivity index (χ4v) is 2.35. The Balaban J connectivity index is 2.34. The third kappa shape index (κ3) is 1.54. The molecule has 3 rings (SSSR count). The van der Waals surface area contributed by atoms with Crippen LogP contribution in [0, 0.1) is 12.7 Å². The van der Waals surface area contributed by atoms with Crippen LogP contribution in [-0.2, 0) is 6.54 Å². The number of fused-ring (bicyclic) bond motifs is 1. The van der Waals surface area contributed by atoms with Gasteiger partial charge < -0.3 is 15.1 Å². The molecule has 0 amide bonds. The van der Waals surface area contributed by atoms with E-state index >= 15 is 0 Å². The van der Waals surface area contributed by atoms with Crippen LogP contribution in [0.25, 0.3) is 22.0 Å². The molecule has 0 radical (unpaired) electrons. The molecule has 3 aromatic rings. The average molecular weight is 244 g/mol. The van der Waals surface area contributed by atoms with Crippen molar-refractivity contribution in [2.24, 2.45) is 5.73 Å². The molecule has 0 saturated carbocycles. The fourth-order valence-electron chi connectivity index (χ4n) is 2.35. The second kappa shape index (κ2) is 3.99. The van der Waals surface area contributed by atoms with Crippen LogP contribution in [0.5, 0.6) is 0 Å². The van der Waals surface area contributed by atoms with Crippen LogP contribution in [0.4, 0.5) is 4.39 Å². The van der Waals surface area contributed by atoms with Gasteiger partial charge in [0.15, 0.2) is 0 Å². The Morgan fingerprint density at radius 1 is 1.33 bits per heavy atom. The van der Waals surface area contributed by atoms with E-state index in [0.29, 0.717) is 6.54 Å². The summed E-state index contributed by atoms with van der Waals surface area (Å²) in [6.07, 6.45) is 3.29. The van der Waals surface area contributed by atoms with Crippen molar-refractivity contribution in [3.05, 3.63) is 47.8 Å². The molecule has 0 spiro atoms. The number of H-pyrrole nitrogens is 1. The van der Waals surface area contributed by atoms with Gasteiger partial charge in [-0.3, -0.25) is 0 Å². The Hall–Kier alpha value is -2.07. The molecule has 0 unspecified atom stereocenters. The van der Waals surface area contributed by atoms with E-state index in [1.54, 1.807) is 18.6 Å². The van der Waals surface area contributed by atoms with E-state index in [4.69, 9.17) is 10.2 Å². The largest absolute Gasteiger partial charge is 0.472 e. The van der Waals surface area contributed by atoms with Crippen molar-refractivity contribution < 1.29 is 8.81 Å². The smallest absolute Gasteiger partial charge is 0.123 e. The lowest BCUT2D eigenvalue weighted by Crippen LogP contribution is -1.96. The number of hydrogen-bond donors (Lipinski definition) is 2. The summed E-state index contributed by atoms with van der Waals surface area (Å²) in [6, 6.07) is 4.71. The summed E-state index contributed by atoms with van der Waals surface area (Å²) in [5, 5.41) is 0.851. The van der Waals surface area contributed by atoms with Gasteiger partial charge >= 0.3 is 0 Å². The molecule has 0 saturated heterocycles. The number of benzene rings is 1. The zero-order chi connectivity index (χ0) is 12.7. The highest BCUT2D eigenvalue weighted by Crippen LogP contribution is 2.35.